The lowest BCUT2D eigenvalue weighted by Gasteiger charge is -2.46. The Balaban J connectivity index is 1.95. The highest BCUT2D eigenvalue weighted by Crippen LogP contribution is 2.32. The van der Waals surface area contributed by atoms with Gasteiger partial charge in [-0.1, -0.05) is 19.8 Å². The zero-order valence-corrected chi connectivity index (χ0v) is 8.83. The van der Waals surface area contributed by atoms with E-state index in [4.69, 9.17) is 4.74 Å². The van der Waals surface area contributed by atoms with Crippen molar-refractivity contribution in [1.29, 1.82) is 0 Å². The third kappa shape index (κ3) is 1.89. The van der Waals surface area contributed by atoms with E-state index < -0.39 is 0 Å². The predicted octanol–water partition coefficient (Wildman–Crippen LogP) is 1.90. The van der Waals surface area contributed by atoms with Crippen molar-refractivity contribution in [3.8, 4) is 0 Å². The first kappa shape index (κ1) is 9.47. The Kier molecular flexibility index (Phi) is 2.89. The lowest BCUT2D eigenvalue weighted by atomic mass is 9.83. The van der Waals surface area contributed by atoms with Crippen LogP contribution in [-0.4, -0.2) is 37.2 Å². The Morgan fingerprint density at radius 1 is 1.23 bits per heavy atom. The molecule has 0 amide bonds. The van der Waals surface area contributed by atoms with Crippen molar-refractivity contribution >= 4 is 0 Å². The van der Waals surface area contributed by atoms with Gasteiger partial charge in [0.1, 0.15) is 0 Å². The molecule has 0 aromatic heterocycles. The lowest BCUT2D eigenvalue weighted by Crippen LogP contribution is -2.54. The van der Waals surface area contributed by atoms with E-state index in [9.17, 15) is 0 Å². The van der Waals surface area contributed by atoms with Gasteiger partial charge in [0.05, 0.1) is 13.2 Å². The monoisotopic (exact) mass is 183 g/mol. The molecule has 0 aromatic carbocycles. The highest BCUT2D eigenvalue weighted by molar-refractivity contribution is 4.89. The van der Waals surface area contributed by atoms with Crippen molar-refractivity contribution in [3.63, 3.8) is 0 Å². The molecule has 76 valence electrons. The van der Waals surface area contributed by atoms with Gasteiger partial charge in [-0.25, -0.2) is 0 Å². The van der Waals surface area contributed by atoms with Crippen LogP contribution in [0.15, 0.2) is 0 Å². The van der Waals surface area contributed by atoms with Crippen LogP contribution in [0.3, 0.4) is 0 Å². The maximum atomic E-state index is 5.59. The van der Waals surface area contributed by atoms with Crippen LogP contribution in [-0.2, 0) is 4.74 Å². The molecule has 2 fully saturated rings. The molecule has 2 bridgehead atoms. The molecule has 0 saturated carbocycles. The minimum Gasteiger partial charge on any atom is -0.378 e. The van der Waals surface area contributed by atoms with Gasteiger partial charge in [0, 0.05) is 12.1 Å². The molecule has 0 aliphatic carbocycles. The Labute approximate surface area is 81.3 Å². The van der Waals surface area contributed by atoms with Gasteiger partial charge in [-0.3, -0.25) is 4.90 Å². The van der Waals surface area contributed by atoms with Crippen LogP contribution < -0.4 is 0 Å². The summed E-state index contributed by atoms with van der Waals surface area (Å²) >= 11 is 0. The molecule has 0 spiro atoms. The van der Waals surface area contributed by atoms with Crippen LogP contribution in [0.5, 0.6) is 0 Å². The number of nitrogens with zero attached hydrogens (tertiary/aromatic N) is 1. The lowest BCUT2D eigenvalue weighted by molar-refractivity contribution is -0.0756. The average molecular weight is 183 g/mol. The van der Waals surface area contributed by atoms with E-state index in [0.29, 0.717) is 12.1 Å². The fourth-order valence-corrected chi connectivity index (χ4v) is 2.85. The topological polar surface area (TPSA) is 12.5 Å². The molecule has 2 nitrogen and oxygen atoms in total. The second kappa shape index (κ2) is 3.97. The summed E-state index contributed by atoms with van der Waals surface area (Å²) in [7, 11) is 2.26. The number of piperidine rings is 1. The molecule has 2 saturated heterocycles. The van der Waals surface area contributed by atoms with Gasteiger partial charge >= 0.3 is 0 Å². The molecule has 2 heterocycles. The van der Waals surface area contributed by atoms with E-state index in [1.54, 1.807) is 0 Å². The summed E-state index contributed by atoms with van der Waals surface area (Å²) in [6.45, 7) is 4.23. The van der Waals surface area contributed by atoms with Gasteiger partial charge in [-0.15, -0.1) is 0 Å². The second-order valence-corrected chi connectivity index (χ2v) is 4.64. The molecule has 2 aliphatic rings. The van der Waals surface area contributed by atoms with Gasteiger partial charge < -0.3 is 4.74 Å². The molecule has 2 atom stereocenters. The number of likely N-dealkylation sites (N-methyl/N-ethyl adjacent to an activating group) is 1. The van der Waals surface area contributed by atoms with Gasteiger partial charge in [-0.05, 0) is 25.8 Å². The summed E-state index contributed by atoms with van der Waals surface area (Å²) in [5, 5.41) is 0. The molecule has 0 N–H and O–H groups in total. The van der Waals surface area contributed by atoms with Gasteiger partial charge in [0.25, 0.3) is 0 Å². The molecule has 2 aliphatic heterocycles. The quantitative estimate of drug-likeness (QED) is 0.648. The fourth-order valence-electron chi connectivity index (χ4n) is 2.85. The maximum Gasteiger partial charge on any atom is 0.0622 e. The van der Waals surface area contributed by atoms with Crippen molar-refractivity contribution in [1.82, 2.24) is 4.90 Å². The zero-order valence-electron chi connectivity index (χ0n) is 8.83. The predicted molar refractivity (Wildman–Crippen MR) is 53.8 cm³/mol. The molecule has 0 aromatic rings. The van der Waals surface area contributed by atoms with E-state index in [-0.39, 0.29) is 0 Å². The van der Waals surface area contributed by atoms with Gasteiger partial charge in [-0.2, -0.15) is 0 Å². The van der Waals surface area contributed by atoms with E-state index in [0.717, 1.165) is 19.1 Å². The van der Waals surface area contributed by atoms with Crippen molar-refractivity contribution in [2.75, 3.05) is 20.3 Å². The summed E-state index contributed by atoms with van der Waals surface area (Å²) in [5.74, 6) is 0.972. The standard InChI is InChI=1S/C11H21NO/c1-3-4-9-5-10-7-13-8-11(6-9)12(10)2/h9-11H,3-8H2,1-2H3. The van der Waals surface area contributed by atoms with Crippen molar-refractivity contribution in [3.05, 3.63) is 0 Å². The number of rotatable bonds is 2. The number of ether oxygens (including phenoxy) is 1. The molecule has 0 radical (unpaired) electrons. The normalized spacial score (nSPS) is 40.6. The second-order valence-electron chi connectivity index (χ2n) is 4.64. The first-order chi connectivity index (χ1) is 6.31. The minimum absolute atomic E-state index is 0.712. The Hall–Kier alpha value is -0.0800. The molecule has 13 heavy (non-hydrogen) atoms. The first-order valence-corrected chi connectivity index (χ1v) is 5.61. The Bertz CT molecular complexity index is 157. The van der Waals surface area contributed by atoms with E-state index in [2.05, 4.69) is 18.9 Å². The van der Waals surface area contributed by atoms with Crippen LogP contribution in [0, 0.1) is 5.92 Å². The molecular weight excluding hydrogens is 162 g/mol. The number of hydrogen-bond donors (Lipinski definition) is 0. The number of morpholine rings is 1. The van der Waals surface area contributed by atoms with Crippen molar-refractivity contribution in [2.24, 2.45) is 5.92 Å². The number of hydrogen-bond acceptors (Lipinski definition) is 2. The highest BCUT2D eigenvalue weighted by atomic mass is 16.5. The zero-order chi connectivity index (χ0) is 9.26. The summed E-state index contributed by atoms with van der Waals surface area (Å²) in [6.07, 6.45) is 5.48. The highest BCUT2D eigenvalue weighted by Gasteiger charge is 2.35. The Morgan fingerprint density at radius 2 is 1.85 bits per heavy atom. The van der Waals surface area contributed by atoms with E-state index >= 15 is 0 Å². The SMILES string of the molecule is CCCC1CC2COCC(C1)N2C. The third-order valence-corrected chi connectivity index (χ3v) is 3.68. The van der Waals surface area contributed by atoms with Crippen LogP contribution in [0.2, 0.25) is 0 Å². The summed E-state index contributed by atoms with van der Waals surface area (Å²) in [6, 6.07) is 1.42. The smallest absolute Gasteiger partial charge is 0.0622 e. The van der Waals surface area contributed by atoms with Crippen molar-refractivity contribution < 1.29 is 4.74 Å². The molecule has 2 heteroatoms. The van der Waals surface area contributed by atoms with Crippen LogP contribution in [0.4, 0.5) is 0 Å². The largest absolute Gasteiger partial charge is 0.378 e. The van der Waals surface area contributed by atoms with Gasteiger partial charge in [0.15, 0.2) is 0 Å². The van der Waals surface area contributed by atoms with Crippen LogP contribution in [0.25, 0.3) is 0 Å². The minimum atomic E-state index is 0.712. The van der Waals surface area contributed by atoms with E-state index in [1.165, 1.54) is 25.7 Å². The summed E-state index contributed by atoms with van der Waals surface area (Å²) < 4.78 is 5.59. The summed E-state index contributed by atoms with van der Waals surface area (Å²) in [4.78, 5) is 2.54. The first-order valence-electron chi connectivity index (χ1n) is 5.61. The average Bonchev–Trinajstić information content (AvgIpc) is 2.07. The summed E-state index contributed by atoms with van der Waals surface area (Å²) in [5.41, 5.74) is 0. The number of fused-ring (bicyclic) bond motifs is 2. The maximum absolute atomic E-state index is 5.59. The molecule has 2 unspecified atom stereocenters. The molecule has 2 rings (SSSR count). The van der Waals surface area contributed by atoms with Crippen molar-refractivity contribution in [2.45, 2.75) is 44.7 Å². The fraction of sp³-hybridized carbons (Fsp3) is 1.00. The Morgan fingerprint density at radius 3 is 2.38 bits per heavy atom. The third-order valence-electron chi connectivity index (χ3n) is 3.68. The van der Waals surface area contributed by atoms with Crippen LogP contribution in [0.1, 0.15) is 32.6 Å². The van der Waals surface area contributed by atoms with Gasteiger partial charge in [0.2, 0.25) is 0 Å². The van der Waals surface area contributed by atoms with Crippen LogP contribution >= 0.6 is 0 Å². The van der Waals surface area contributed by atoms with E-state index in [1.807, 2.05) is 0 Å². The molecular formula is C11H21NO.